The summed E-state index contributed by atoms with van der Waals surface area (Å²) < 4.78 is 63.4. The van der Waals surface area contributed by atoms with Gasteiger partial charge in [0.05, 0.1) is 5.56 Å². The number of imidazole rings is 1. The molecule has 45 heavy (non-hydrogen) atoms. The molecule has 3 heterocycles. The zero-order valence-electron chi connectivity index (χ0n) is 24.2. The number of benzene rings is 3. The number of nitro groups is 1. The van der Waals surface area contributed by atoms with E-state index in [0.717, 1.165) is 49.5 Å². The maximum Gasteiger partial charge on any atom is 0.416 e. The lowest BCUT2D eigenvalue weighted by molar-refractivity contribution is -0.389. The number of ether oxygens (including phenoxy) is 4. The molecule has 13 heteroatoms. The Morgan fingerprint density at radius 1 is 0.867 bits per heavy atom. The average molecular weight is 625 g/mol. The molecule has 4 aromatic rings. The van der Waals surface area contributed by atoms with Crippen LogP contribution in [0, 0.1) is 10.1 Å². The van der Waals surface area contributed by atoms with Gasteiger partial charge in [-0.3, -0.25) is 4.57 Å². The molecular weight excluding hydrogens is 593 g/mol. The molecule has 6 rings (SSSR count). The molecule has 1 fully saturated rings. The third kappa shape index (κ3) is 7.59. The van der Waals surface area contributed by atoms with Crippen molar-refractivity contribution in [2.24, 2.45) is 0 Å². The van der Waals surface area contributed by atoms with Gasteiger partial charge in [-0.25, -0.2) is 0 Å². The van der Waals surface area contributed by atoms with E-state index in [1.807, 2.05) is 36.4 Å². The standard InChI is InChI=1S/C32H31F3N4O6/c33-32(34,35)23-3-1-22(2-4-23)20-42-26-9-11-27(12-10-26)44-28-13-16-37(17-14-28)24-5-7-25(8-6-24)43-21-29-15-18-38-19-30(39(40)41)36-31(38)45-29/h1-12,19,28-29H,13-18,20-21H2. The number of piperidine rings is 1. The van der Waals surface area contributed by atoms with Gasteiger partial charge in [0.25, 0.3) is 0 Å². The van der Waals surface area contributed by atoms with Crippen molar-refractivity contribution in [1.29, 1.82) is 0 Å². The topological polar surface area (TPSA) is 101 Å². The number of alkyl halides is 3. The van der Waals surface area contributed by atoms with Crippen LogP contribution in [0.2, 0.25) is 0 Å². The van der Waals surface area contributed by atoms with Crippen LogP contribution < -0.4 is 23.8 Å². The molecule has 0 spiro atoms. The van der Waals surface area contributed by atoms with Gasteiger partial charge in [-0.1, -0.05) is 12.1 Å². The molecule has 1 aromatic heterocycles. The van der Waals surface area contributed by atoms with Gasteiger partial charge in [-0.2, -0.15) is 13.2 Å². The number of nitrogens with zero attached hydrogens (tertiary/aromatic N) is 4. The van der Waals surface area contributed by atoms with Gasteiger partial charge in [0, 0.05) is 49.6 Å². The van der Waals surface area contributed by atoms with Crippen LogP contribution >= 0.6 is 0 Å². The third-order valence-electron chi connectivity index (χ3n) is 7.77. The summed E-state index contributed by atoms with van der Waals surface area (Å²) in [5.41, 5.74) is 1.06. The Bertz CT molecular complexity index is 1590. The monoisotopic (exact) mass is 624 g/mol. The minimum absolute atomic E-state index is 0.0790. The third-order valence-corrected chi connectivity index (χ3v) is 7.77. The second kappa shape index (κ2) is 13.0. The van der Waals surface area contributed by atoms with Crippen molar-refractivity contribution >= 4 is 11.5 Å². The second-order valence-corrected chi connectivity index (χ2v) is 10.9. The Morgan fingerprint density at radius 2 is 1.51 bits per heavy atom. The highest BCUT2D eigenvalue weighted by Crippen LogP contribution is 2.30. The largest absolute Gasteiger partial charge is 0.490 e. The van der Waals surface area contributed by atoms with Gasteiger partial charge in [0.2, 0.25) is 0 Å². The van der Waals surface area contributed by atoms with Crippen molar-refractivity contribution in [1.82, 2.24) is 9.55 Å². The number of fused-ring (bicyclic) bond motifs is 1. The zero-order chi connectivity index (χ0) is 31.4. The number of aryl methyl sites for hydroxylation is 1. The first-order valence-corrected chi connectivity index (χ1v) is 14.6. The van der Waals surface area contributed by atoms with E-state index in [0.29, 0.717) is 36.6 Å². The first-order valence-electron chi connectivity index (χ1n) is 14.6. The van der Waals surface area contributed by atoms with Crippen molar-refractivity contribution in [3.8, 4) is 23.3 Å². The Balaban J connectivity index is 0.914. The number of rotatable bonds is 10. The fourth-order valence-electron chi connectivity index (χ4n) is 5.27. The van der Waals surface area contributed by atoms with Crippen LogP contribution in [-0.2, 0) is 19.3 Å². The van der Waals surface area contributed by atoms with Gasteiger partial charge in [0.1, 0.15) is 48.9 Å². The highest BCUT2D eigenvalue weighted by atomic mass is 19.4. The smallest absolute Gasteiger partial charge is 0.416 e. The summed E-state index contributed by atoms with van der Waals surface area (Å²) >= 11 is 0. The van der Waals surface area contributed by atoms with E-state index < -0.39 is 16.7 Å². The van der Waals surface area contributed by atoms with Crippen molar-refractivity contribution < 1.29 is 37.0 Å². The molecule has 2 aliphatic rings. The number of aromatic nitrogens is 2. The summed E-state index contributed by atoms with van der Waals surface area (Å²) in [6.45, 7) is 2.74. The van der Waals surface area contributed by atoms with Crippen LogP contribution in [0.3, 0.4) is 0 Å². The summed E-state index contributed by atoms with van der Waals surface area (Å²) in [4.78, 5) is 16.6. The van der Waals surface area contributed by atoms with E-state index in [2.05, 4.69) is 9.88 Å². The van der Waals surface area contributed by atoms with Gasteiger partial charge in [-0.15, -0.1) is 0 Å². The van der Waals surface area contributed by atoms with Crippen LogP contribution in [0.4, 0.5) is 24.7 Å². The summed E-state index contributed by atoms with van der Waals surface area (Å²) in [6.07, 6.45) is -0.753. The molecule has 1 saturated heterocycles. The number of hydrogen-bond acceptors (Lipinski definition) is 8. The molecule has 3 aromatic carbocycles. The fourth-order valence-corrected chi connectivity index (χ4v) is 5.27. The normalized spacial score (nSPS) is 16.9. The summed E-state index contributed by atoms with van der Waals surface area (Å²) in [5, 5.41) is 10.9. The highest BCUT2D eigenvalue weighted by molar-refractivity contribution is 5.49. The van der Waals surface area contributed by atoms with Gasteiger partial charge < -0.3 is 34.0 Å². The van der Waals surface area contributed by atoms with E-state index in [4.69, 9.17) is 18.9 Å². The maximum atomic E-state index is 12.7. The van der Waals surface area contributed by atoms with Crippen LogP contribution in [0.5, 0.6) is 23.3 Å². The molecule has 0 N–H and O–H groups in total. The molecule has 0 radical (unpaired) electrons. The molecule has 0 bridgehead atoms. The van der Waals surface area contributed by atoms with Crippen molar-refractivity contribution in [2.45, 2.75) is 50.8 Å². The Kier molecular flexibility index (Phi) is 8.67. The van der Waals surface area contributed by atoms with Crippen LogP contribution in [0.25, 0.3) is 0 Å². The lowest BCUT2D eigenvalue weighted by Gasteiger charge is -2.33. The minimum atomic E-state index is -4.36. The predicted octanol–water partition coefficient (Wildman–Crippen LogP) is 6.67. The summed E-state index contributed by atoms with van der Waals surface area (Å²) in [6, 6.07) is 20.3. The van der Waals surface area contributed by atoms with Crippen molar-refractivity contribution in [3.63, 3.8) is 0 Å². The van der Waals surface area contributed by atoms with Crippen LogP contribution in [0.1, 0.15) is 30.4 Å². The maximum absolute atomic E-state index is 12.7. The number of halogens is 3. The molecule has 10 nitrogen and oxygen atoms in total. The predicted molar refractivity (Wildman–Crippen MR) is 158 cm³/mol. The number of anilines is 1. The number of hydrogen-bond donors (Lipinski definition) is 0. The lowest BCUT2D eigenvalue weighted by atomic mass is 10.1. The molecule has 236 valence electrons. The van der Waals surface area contributed by atoms with Crippen molar-refractivity contribution in [3.05, 3.63) is 100 Å². The molecule has 1 unspecified atom stereocenters. The summed E-state index contributed by atoms with van der Waals surface area (Å²) in [5.74, 6) is 1.83. The van der Waals surface area contributed by atoms with E-state index in [9.17, 15) is 23.3 Å². The fraction of sp³-hybridized carbons (Fsp3) is 0.344. The molecule has 2 aliphatic heterocycles. The second-order valence-electron chi connectivity index (χ2n) is 10.9. The molecule has 0 amide bonds. The summed E-state index contributed by atoms with van der Waals surface area (Å²) in [7, 11) is 0. The van der Waals surface area contributed by atoms with Gasteiger partial charge >= 0.3 is 18.0 Å². The van der Waals surface area contributed by atoms with Gasteiger partial charge in [0.15, 0.2) is 0 Å². The first kappa shape index (κ1) is 30.1. The van der Waals surface area contributed by atoms with Crippen LogP contribution in [0.15, 0.2) is 79.0 Å². The van der Waals surface area contributed by atoms with E-state index in [1.54, 1.807) is 16.7 Å². The van der Waals surface area contributed by atoms with E-state index in [1.165, 1.54) is 18.3 Å². The molecule has 0 aliphatic carbocycles. The molecule has 1 atom stereocenters. The zero-order valence-corrected chi connectivity index (χ0v) is 24.2. The SMILES string of the molecule is O=[N+]([O-])c1cn2c(n1)OC(COc1ccc(N3CCC(Oc4ccc(OCc5ccc(C(F)(F)F)cc5)cc4)CC3)cc1)CC2. The lowest BCUT2D eigenvalue weighted by Crippen LogP contribution is -2.38. The highest BCUT2D eigenvalue weighted by Gasteiger charge is 2.30. The van der Waals surface area contributed by atoms with E-state index in [-0.39, 0.29) is 30.6 Å². The minimum Gasteiger partial charge on any atom is -0.490 e. The first-order chi connectivity index (χ1) is 21.7. The molecule has 0 saturated carbocycles. The van der Waals surface area contributed by atoms with E-state index >= 15 is 0 Å². The van der Waals surface area contributed by atoms with Gasteiger partial charge in [-0.05, 0) is 71.2 Å². The van der Waals surface area contributed by atoms with Crippen LogP contribution in [-0.4, -0.2) is 46.4 Å². The average Bonchev–Trinajstić information content (AvgIpc) is 3.48. The molecular formula is C32H31F3N4O6. The van der Waals surface area contributed by atoms with Crippen molar-refractivity contribution in [2.75, 3.05) is 24.6 Å². The quantitative estimate of drug-likeness (QED) is 0.143. The Labute approximate surface area is 257 Å². The Morgan fingerprint density at radius 3 is 2.18 bits per heavy atom. The Hall–Kier alpha value is -4.94.